The average molecular weight is 402 g/mol. The van der Waals surface area contributed by atoms with Gasteiger partial charge in [0.05, 0.1) is 0 Å². The molecule has 2 nitrogen and oxygen atoms in total. The predicted molar refractivity (Wildman–Crippen MR) is 82.3 cm³/mol. The van der Waals surface area contributed by atoms with Gasteiger partial charge in [0.15, 0.2) is 0 Å². The second kappa shape index (κ2) is 6.81. The molecule has 0 aliphatic rings. The zero-order valence-corrected chi connectivity index (χ0v) is 14.7. The SMILES string of the molecule is COP(=[Se])([Se]C(=O)c1ccccc1)c1ccccc1. The van der Waals surface area contributed by atoms with Crippen molar-refractivity contribution in [1.82, 2.24) is 0 Å². The van der Waals surface area contributed by atoms with Gasteiger partial charge >= 0.3 is 127 Å². The third kappa shape index (κ3) is 3.76. The molecule has 1 atom stereocenters. The first kappa shape index (κ1) is 14.9. The fourth-order valence-corrected chi connectivity index (χ4v) is 10.00. The summed E-state index contributed by atoms with van der Waals surface area (Å²) in [4.78, 5) is 12.3. The van der Waals surface area contributed by atoms with Crippen LogP contribution in [0.3, 0.4) is 0 Å². The van der Waals surface area contributed by atoms with Crippen molar-refractivity contribution < 1.29 is 9.32 Å². The molecule has 19 heavy (non-hydrogen) atoms. The summed E-state index contributed by atoms with van der Waals surface area (Å²) in [6.07, 6.45) is 0. The fraction of sp³-hybridized carbons (Fsp3) is 0.0714. The maximum absolute atomic E-state index is 12.3. The van der Waals surface area contributed by atoms with Gasteiger partial charge in [-0.15, -0.1) is 0 Å². The molecule has 0 saturated heterocycles. The Balaban J connectivity index is 2.25. The van der Waals surface area contributed by atoms with Crippen molar-refractivity contribution in [2.75, 3.05) is 7.11 Å². The summed E-state index contributed by atoms with van der Waals surface area (Å²) in [5.74, 6) is 0. The van der Waals surface area contributed by atoms with Crippen molar-refractivity contribution in [3.63, 3.8) is 0 Å². The van der Waals surface area contributed by atoms with Crippen LogP contribution in [0.1, 0.15) is 10.4 Å². The molecule has 2 aromatic carbocycles. The summed E-state index contributed by atoms with van der Waals surface area (Å²) in [5, 5.41) is 1.10. The van der Waals surface area contributed by atoms with E-state index < -0.39 is 4.43 Å². The summed E-state index contributed by atoms with van der Waals surface area (Å²) >= 11 is 2.89. The molecular weight excluding hydrogens is 389 g/mol. The second-order valence-corrected chi connectivity index (χ2v) is 17.7. The Kier molecular flexibility index (Phi) is 5.36. The summed E-state index contributed by atoms with van der Waals surface area (Å²) < 4.78 is 3.91. The van der Waals surface area contributed by atoms with Crippen molar-refractivity contribution >= 4 is 44.0 Å². The standard InChI is InChI=1S/C14H13O2PSe2/c1-16-17(18,13-10-6-3-7-11-13)19-14(15)12-8-4-2-5-9-12/h2-11H,1H3. The molecular formula is C14H13O2PSe2. The van der Waals surface area contributed by atoms with Crippen LogP contribution < -0.4 is 5.30 Å². The van der Waals surface area contributed by atoms with E-state index in [9.17, 15) is 4.79 Å². The number of hydrogen-bond acceptors (Lipinski definition) is 2. The van der Waals surface area contributed by atoms with Crippen LogP contribution in [0.25, 0.3) is 0 Å². The van der Waals surface area contributed by atoms with E-state index in [2.05, 4.69) is 15.1 Å². The van der Waals surface area contributed by atoms with Gasteiger partial charge in [-0.1, -0.05) is 0 Å². The van der Waals surface area contributed by atoms with Gasteiger partial charge in [0.25, 0.3) is 0 Å². The van der Waals surface area contributed by atoms with Crippen molar-refractivity contribution in [2.24, 2.45) is 0 Å². The average Bonchev–Trinajstić information content (AvgIpc) is 2.49. The molecule has 2 rings (SSSR count). The molecule has 0 fully saturated rings. The van der Waals surface area contributed by atoms with Gasteiger partial charge in [0, 0.05) is 0 Å². The molecule has 1 unspecified atom stereocenters. The summed E-state index contributed by atoms with van der Waals surface area (Å²) in [7, 11) is 1.68. The number of hydrogen-bond donors (Lipinski definition) is 0. The number of rotatable bonds is 5. The Morgan fingerprint density at radius 2 is 1.58 bits per heavy atom. The topological polar surface area (TPSA) is 26.3 Å². The fourth-order valence-electron chi connectivity index (χ4n) is 1.54. The molecule has 0 aliphatic carbocycles. The molecule has 0 spiro atoms. The van der Waals surface area contributed by atoms with Gasteiger partial charge in [0.1, 0.15) is 0 Å². The van der Waals surface area contributed by atoms with Gasteiger partial charge in [0.2, 0.25) is 0 Å². The second-order valence-electron chi connectivity index (χ2n) is 3.76. The van der Waals surface area contributed by atoms with E-state index in [0.29, 0.717) is 0 Å². The van der Waals surface area contributed by atoms with Crippen LogP contribution in [0.4, 0.5) is 0 Å². The van der Waals surface area contributed by atoms with Gasteiger partial charge in [-0.05, 0) is 0 Å². The zero-order chi connectivity index (χ0) is 13.7. The van der Waals surface area contributed by atoms with Crippen LogP contribution >= 0.6 is 4.43 Å². The van der Waals surface area contributed by atoms with Crippen LogP contribution in [0.15, 0.2) is 60.7 Å². The Labute approximate surface area is 126 Å². The Morgan fingerprint density at radius 3 is 2.11 bits per heavy atom. The monoisotopic (exact) mass is 404 g/mol. The van der Waals surface area contributed by atoms with E-state index in [1.165, 1.54) is 0 Å². The minimum atomic E-state index is -1.94. The molecule has 0 heterocycles. The van der Waals surface area contributed by atoms with E-state index in [1.807, 2.05) is 60.7 Å². The zero-order valence-electron chi connectivity index (χ0n) is 10.4. The van der Waals surface area contributed by atoms with Crippen molar-refractivity contribution in [3.05, 3.63) is 66.2 Å². The first-order valence-corrected chi connectivity index (χ1v) is 12.7. The molecule has 0 radical (unpaired) electrons. The van der Waals surface area contributed by atoms with Crippen LogP contribution in [0.2, 0.25) is 0 Å². The predicted octanol–water partition coefficient (Wildman–Crippen LogP) is 2.43. The summed E-state index contributed by atoms with van der Waals surface area (Å²) in [6, 6.07) is 19.4. The van der Waals surface area contributed by atoms with E-state index in [-0.39, 0.29) is 19.2 Å². The Morgan fingerprint density at radius 1 is 1.05 bits per heavy atom. The molecule has 5 heteroatoms. The first-order chi connectivity index (χ1) is 9.15. The van der Waals surface area contributed by atoms with Crippen LogP contribution in [0, 0.1) is 0 Å². The number of carbonyl (C=O) groups excluding carboxylic acids is 1. The van der Waals surface area contributed by atoms with Crippen molar-refractivity contribution in [2.45, 2.75) is 0 Å². The van der Waals surface area contributed by atoms with Crippen molar-refractivity contribution in [1.29, 1.82) is 0 Å². The van der Waals surface area contributed by atoms with Gasteiger partial charge in [-0.3, -0.25) is 0 Å². The van der Waals surface area contributed by atoms with Crippen molar-refractivity contribution in [3.8, 4) is 0 Å². The van der Waals surface area contributed by atoms with E-state index in [1.54, 1.807) is 7.11 Å². The van der Waals surface area contributed by atoms with Gasteiger partial charge in [-0.2, -0.15) is 0 Å². The van der Waals surface area contributed by atoms with E-state index in [4.69, 9.17) is 4.52 Å². The van der Waals surface area contributed by atoms with Crippen LogP contribution in [-0.4, -0.2) is 41.4 Å². The quantitative estimate of drug-likeness (QED) is 0.568. The molecule has 2 aromatic rings. The van der Waals surface area contributed by atoms with Crippen LogP contribution in [0.5, 0.6) is 0 Å². The number of carbonyl (C=O) groups is 1. The first-order valence-electron chi connectivity index (χ1n) is 5.66. The molecule has 0 N–H and O–H groups in total. The third-order valence-electron chi connectivity index (χ3n) is 2.53. The molecule has 0 aliphatic heterocycles. The number of benzene rings is 2. The maximum atomic E-state index is 12.3. The van der Waals surface area contributed by atoms with E-state index in [0.717, 1.165) is 10.9 Å². The Hall–Kier alpha value is -0.461. The Bertz CT molecular complexity index is 599. The molecule has 0 aromatic heterocycles. The van der Waals surface area contributed by atoms with E-state index >= 15 is 0 Å². The third-order valence-corrected chi connectivity index (χ3v) is 14.4. The normalized spacial score (nSPS) is 13.7. The van der Waals surface area contributed by atoms with Gasteiger partial charge in [-0.25, -0.2) is 0 Å². The molecule has 0 saturated carbocycles. The molecule has 0 amide bonds. The van der Waals surface area contributed by atoms with Crippen LogP contribution in [-0.2, 0) is 4.52 Å². The molecule has 0 bridgehead atoms. The summed E-state index contributed by atoms with van der Waals surface area (Å²) in [5.41, 5.74) is 0.759. The van der Waals surface area contributed by atoms with Gasteiger partial charge < -0.3 is 0 Å². The minimum absolute atomic E-state index is 0.172. The molecule has 98 valence electrons. The summed E-state index contributed by atoms with van der Waals surface area (Å²) in [6.45, 7) is 0.